The molecule has 0 radical (unpaired) electrons. The third-order valence-corrected chi connectivity index (χ3v) is 3.64. The van der Waals surface area contributed by atoms with Crippen molar-refractivity contribution < 1.29 is 9.50 Å². The van der Waals surface area contributed by atoms with Gasteiger partial charge < -0.3 is 5.11 Å². The van der Waals surface area contributed by atoms with E-state index in [1.54, 1.807) is 16.9 Å². The van der Waals surface area contributed by atoms with E-state index in [9.17, 15) is 9.50 Å². The minimum absolute atomic E-state index is 0.340. The number of aryl methyl sites for hydroxylation is 2. The van der Waals surface area contributed by atoms with Crippen molar-refractivity contribution in [2.24, 2.45) is 7.05 Å². The first kappa shape index (κ1) is 13.2. The van der Waals surface area contributed by atoms with Crippen molar-refractivity contribution in [1.29, 1.82) is 0 Å². The van der Waals surface area contributed by atoms with E-state index in [1.807, 2.05) is 13.1 Å². The fourth-order valence-electron chi connectivity index (χ4n) is 1.86. The van der Waals surface area contributed by atoms with Crippen molar-refractivity contribution in [3.8, 4) is 0 Å². The fourth-order valence-corrected chi connectivity index (χ4v) is 2.37. The van der Waals surface area contributed by atoms with Gasteiger partial charge in [0, 0.05) is 23.4 Å². The van der Waals surface area contributed by atoms with E-state index in [1.165, 1.54) is 12.1 Å². The number of hydrogen-bond acceptors (Lipinski definition) is 2. The quantitative estimate of drug-likeness (QED) is 0.942. The second-order valence-corrected chi connectivity index (χ2v) is 5.02. The van der Waals surface area contributed by atoms with Crippen LogP contribution in [-0.4, -0.2) is 14.9 Å². The number of aromatic nitrogens is 2. The molecule has 1 heterocycles. The SMILES string of the molecule is Cn1nccc1CCC(O)c1cc(F)ccc1Br. The molecule has 0 bridgehead atoms. The molecule has 1 N–H and O–H groups in total. The Kier molecular flexibility index (Phi) is 4.14. The lowest BCUT2D eigenvalue weighted by molar-refractivity contribution is 0.166. The predicted molar refractivity (Wildman–Crippen MR) is 70.6 cm³/mol. The summed E-state index contributed by atoms with van der Waals surface area (Å²) in [5, 5.41) is 14.2. The third kappa shape index (κ3) is 2.97. The summed E-state index contributed by atoms with van der Waals surface area (Å²) < 4.78 is 15.6. The summed E-state index contributed by atoms with van der Waals surface area (Å²) in [6.07, 6.45) is 2.26. The first-order valence-electron chi connectivity index (χ1n) is 5.68. The molecule has 18 heavy (non-hydrogen) atoms. The molecule has 1 atom stereocenters. The van der Waals surface area contributed by atoms with Crippen LogP contribution in [0.25, 0.3) is 0 Å². The second kappa shape index (κ2) is 5.63. The molecule has 0 saturated heterocycles. The van der Waals surface area contributed by atoms with E-state index in [2.05, 4.69) is 21.0 Å². The molecule has 0 aliphatic carbocycles. The summed E-state index contributed by atoms with van der Waals surface area (Å²) in [7, 11) is 1.86. The molecule has 1 aromatic carbocycles. The van der Waals surface area contributed by atoms with Gasteiger partial charge in [-0.1, -0.05) is 15.9 Å². The zero-order chi connectivity index (χ0) is 13.1. The summed E-state index contributed by atoms with van der Waals surface area (Å²) in [6.45, 7) is 0. The molecule has 2 rings (SSSR count). The highest BCUT2D eigenvalue weighted by molar-refractivity contribution is 9.10. The number of aliphatic hydroxyl groups excluding tert-OH is 1. The average Bonchev–Trinajstić information content (AvgIpc) is 2.75. The highest BCUT2D eigenvalue weighted by atomic mass is 79.9. The first-order chi connectivity index (χ1) is 8.58. The van der Waals surface area contributed by atoms with Crippen LogP contribution in [0.1, 0.15) is 23.8 Å². The van der Waals surface area contributed by atoms with Crippen LogP contribution in [0, 0.1) is 5.82 Å². The molecular formula is C13H14BrFN2O. The van der Waals surface area contributed by atoms with Gasteiger partial charge in [-0.2, -0.15) is 5.10 Å². The third-order valence-electron chi connectivity index (χ3n) is 2.91. The van der Waals surface area contributed by atoms with Crippen molar-refractivity contribution in [2.75, 3.05) is 0 Å². The van der Waals surface area contributed by atoms with Crippen molar-refractivity contribution in [2.45, 2.75) is 18.9 Å². The molecule has 96 valence electrons. The number of benzene rings is 1. The Morgan fingerprint density at radius 1 is 1.44 bits per heavy atom. The molecule has 2 aromatic rings. The summed E-state index contributed by atoms with van der Waals surface area (Å²) in [6, 6.07) is 6.24. The monoisotopic (exact) mass is 312 g/mol. The van der Waals surface area contributed by atoms with E-state index < -0.39 is 6.10 Å². The normalized spacial score (nSPS) is 12.7. The number of hydrogen-bond donors (Lipinski definition) is 1. The summed E-state index contributed by atoms with van der Waals surface area (Å²) in [5.74, 6) is -0.340. The molecule has 0 saturated carbocycles. The van der Waals surface area contributed by atoms with Gasteiger partial charge in [0.05, 0.1) is 6.10 Å². The van der Waals surface area contributed by atoms with Crippen LogP contribution in [0.5, 0.6) is 0 Å². The first-order valence-corrected chi connectivity index (χ1v) is 6.47. The molecule has 1 unspecified atom stereocenters. The molecular weight excluding hydrogens is 299 g/mol. The lowest BCUT2D eigenvalue weighted by Gasteiger charge is -2.13. The van der Waals surface area contributed by atoms with Gasteiger partial charge in [-0.25, -0.2) is 4.39 Å². The maximum absolute atomic E-state index is 13.1. The zero-order valence-electron chi connectivity index (χ0n) is 9.98. The maximum atomic E-state index is 13.1. The maximum Gasteiger partial charge on any atom is 0.123 e. The lowest BCUT2D eigenvalue weighted by atomic mass is 10.0. The van der Waals surface area contributed by atoms with Crippen molar-refractivity contribution in [3.05, 3.63) is 52.0 Å². The Labute approximate surface area is 113 Å². The van der Waals surface area contributed by atoms with Crippen LogP contribution < -0.4 is 0 Å². The Balaban J connectivity index is 2.06. The van der Waals surface area contributed by atoms with Gasteiger partial charge in [0.25, 0.3) is 0 Å². The molecule has 0 spiro atoms. The summed E-state index contributed by atoms with van der Waals surface area (Å²) in [5.41, 5.74) is 1.62. The van der Waals surface area contributed by atoms with E-state index >= 15 is 0 Å². The summed E-state index contributed by atoms with van der Waals surface area (Å²) in [4.78, 5) is 0. The minimum atomic E-state index is -0.690. The second-order valence-electron chi connectivity index (χ2n) is 4.17. The number of aliphatic hydroxyl groups is 1. The molecule has 0 fully saturated rings. The lowest BCUT2D eigenvalue weighted by Crippen LogP contribution is -2.04. The molecule has 0 amide bonds. The highest BCUT2D eigenvalue weighted by Gasteiger charge is 2.13. The predicted octanol–water partition coefficient (Wildman–Crippen LogP) is 2.99. The van der Waals surface area contributed by atoms with Gasteiger partial charge in [0.15, 0.2) is 0 Å². The fraction of sp³-hybridized carbons (Fsp3) is 0.308. The molecule has 1 aromatic heterocycles. The Morgan fingerprint density at radius 2 is 2.22 bits per heavy atom. The van der Waals surface area contributed by atoms with Crippen LogP contribution in [0.3, 0.4) is 0 Å². The van der Waals surface area contributed by atoms with Crippen LogP contribution in [0.4, 0.5) is 4.39 Å². The van der Waals surface area contributed by atoms with Crippen LogP contribution in [-0.2, 0) is 13.5 Å². The summed E-state index contributed by atoms with van der Waals surface area (Å²) >= 11 is 3.32. The van der Waals surface area contributed by atoms with Crippen LogP contribution in [0.15, 0.2) is 34.9 Å². The van der Waals surface area contributed by atoms with E-state index in [0.29, 0.717) is 18.4 Å². The van der Waals surface area contributed by atoms with Crippen molar-refractivity contribution in [1.82, 2.24) is 9.78 Å². The van der Waals surface area contributed by atoms with E-state index in [4.69, 9.17) is 0 Å². The minimum Gasteiger partial charge on any atom is -0.388 e. The van der Waals surface area contributed by atoms with Crippen molar-refractivity contribution in [3.63, 3.8) is 0 Å². The largest absolute Gasteiger partial charge is 0.388 e. The molecule has 0 aliphatic heterocycles. The van der Waals surface area contributed by atoms with E-state index in [0.717, 1.165) is 10.2 Å². The Hall–Kier alpha value is -1.20. The topological polar surface area (TPSA) is 38.0 Å². The zero-order valence-corrected chi connectivity index (χ0v) is 11.6. The number of halogens is 2. The number of rotatable bonds is 4. The molecule has 3 nitrogen and oxygen atoms in total. The van der Waals surface area contributed by atoms with Gasteiger partial charge >= 0.3 is 0 Å². The van der Waals surface area contributed by atoms with Crippen LogP contribution >= 0.6 is 15.9 Å². The van der Waals surface area contributed by atoms with Gasteiger partial charge in [0.1, 0.15) is 5.82 Å². The average molecular weight is 313 g/mol. The Bertz CT molecular complexity index is 542. The van der Waals surface area contributed by atoms with Gasteiger partial charge in [0.2, 0.25) is 0 Å². The van der Waals surface area contributed by atoms with Crippen molar-refractivity contribution >= 4 is 15.9 Å². The van der Waals surface area contributed by atoms with E-state index in [-0.39, 0.29) is 5.82 Å². The Morgan fingerprint density at radius 3 is 2.89 bits per heavy atom. The molecule has 5 heteroatoms. The molecule has 0 aliphatic rings. The van der Waals surface area contributed by atoms with Gasteiger partial charge in [-0.05, 0) is 42.7 Å². The number of nitrogens with zero attached hydrogens (tertiary/aromatic N) is 2. The standard InChI is InChI=1S/C13H14BrFN2O/c1-17-10(6-7-16-17)3-5-13(18)11-8-9(15)2-4-12(11)14/h2,4,6-8,13,18H,3,5H2,1H3. The van der Waals surface area contributed by atoms with Gasteiger partial charge in [-0.3, -0.25) is 4.68 Å². The smallest absolute Gasteiger partial charge is 0.123 e. The highest BCUT2D eigenvalue weighted by Crippen LogP contribution is 2.27. The van der Waals surface area contributed by atoms with Crippen LogP contribution in [0.2, 0.25) is 0 Å². The van der Waals surface area contributed by atoms with Gasteiger partial charge in [-0.15, -0.1) is 0 Å².